The molecular weight excluding hydrogens is 258 g/mol. The van der Waals surface area contributed by atoms with E-state index in [0.29, 0.717) is 17.1 Å². The number of amides is 1. The first kappa shape index (κ1) is 11.8. The highest BCUT2D eigenvalue weighted by atomic mass is 35.5. The summed E-state index contributed by atoms with van der Waals surface area (Å²) in [6.45, 7) is 0. The number of benzene rings is 1. The molecular formula is C11H8ClN3OS. The molecule has 0 bridgehead atoms. The summed E-state index contributed by atoms with van der Waals surface area (Å²) in [7, 11) is 0. The quantitative estimate of drug-likeness (QED) is 0.461. The maximum absolute atomic E-state index is 11.1. The molecule has 0 fully saturated rings. The number of carbonyl (C=O) groups excluding carboxylic acids is 1. The van der Waals surface area contributed by atoms with E-state index in [9.17, 15) is 4.79 Å². The van der Waals surface area contributed by atoms with Gasteiger partial charge in [-0.05, 0) is 29.6 Å². The van der Waals surface area contributed by atoms with Gasteiger partial charge in [0.05, 0.1) is 0 Å². The van der Waals surface area contributed by atoms with Crippen LogP contribution in [0.4, 0.5) is 0 Å². The number of primary amides is 1. The zero-order valence-corrected chi connectivity index (χ0v) is 10.2. The molecule has 0 saturated heterocycles. The van der Waals surface area contributed by atoms with Gasteiger partial charge >= 0.3 is 0 Å². The van der Waals surface area contributed by atoms with E-state index in [2.05, 4.69) is 4.72 Å². The Labute approximate surface area is 108 Å². The average Bonchev–Trinajstić information content (AvgIpc) is 2.30. The van der Waals surface area contributed by atoms with Crippen LogP contribution in [0.25, 0.3) is 0 Å². The van der Waals surface area contributed by atoms with Gasteiger partial charge in [-0.25, -0.2) is 0 Å². The summed E-state index contributed by atoms with van der Waals surface area (Å²) in [5, 5.41) is 9.50. The minimum Gasteiger partial charge on any atom is -0.365 e. The van der Waals surface area contributed by atoms with Crippen LogP contribution in [0.1, 0.15) is 5.56 Å². The molecule has 1 amide bonds. The standard InChI is InChI=1S/C11H8ClN3OS/c12-8-2-1-3-10-6(8)4-9(15-17-10)7(5-13)11(14)16/h1-3,15H,4H2,(H2,14,16). The Bertz CT molecular complexity index is 562. The maximum atomic E-state index is 11.1. The molecule has 0 spiro atoms. The number of nitrogens with one attached hydrogen (secondary N) is 1. The van der Waals surface area contributed by atoms with Crippen molar-refractivity contribution in [3.63, 3.8) is 0 Å². The van der Waals surface area contributed by atoms with E-state index in [1.807, 2.05) is 18.2 Å². The number of rotatable bonds is 1. The fourth-order valence-electron chi connectivity index (χ4n) is 1.55. The number of hydrogen-bond acceptors (Lipinski definition) is 4. The van der Waals surface area contributed by atoms with Crippen molar-refractivity contribution < 1.29 is 4.79 Å². The Hall–Kier alpha value is -1.64. The van der Waals surface area contributed by atoms with Gasteiger partial charge in [-0.15, -0.1) is 0 Å². The number of allylic oxidation sites excluding steroid dienone is 1. The van der Waals surface area contributed by atoms with Gasteiger partial charge in [0.25, 0.3) is 5.91 Å². The second-order valence-corrected chi connectivity index (χ2v) is 4.68. The lowest BCUT2D eigenvalue weighted by atomic mass is 10.1. The van der Waals surface area contributed by atoms with Crippen LogP contribution in [0.15, 0.2) is 34.4 Å². The maximum Gasteiger partial charge on any atom is 0.261 e. The minimum atomic E-state index is -0.730. The minimum absolute atomic E-state index is 0.0527. The monoisotopic (exact) mass is 265 g/mol. The number of nitrogens with zero attached hydrogens (tertiary/aromatic N) is 1. The van der Waals surface area contributed by atoms with Crippen LogP contribution in [0, 0.1) is 11.3 Å². The third-order valence-electron chi connectivity index (χ3n) is 2.37. The van der Waals surface area contributed by atoms with Crippen LogP contribution in [-0.4, -0.2) is 5.91 Å². The zero-order valence-electron chi connectivity index (χ0n) is 8.66. The normalized spacial score (nSPS) is 16.5. The van der Waals surface area contributed by atoms with Gasteiger partial charge in [0.1, 0.15) is 11.6 Å². The molecule has 1 aliphatic heterocycles. The second-order valence-electron chi connectivity index (χ2n) is 3.43. The number of nitriles is 1. The van der Waals surface area contributed by atoms with E-state index in [1.165, 1.54) is 11.9 Å². The van der Waals surface area contributed by atoms with Crippen molar-refractivity contribution in [3.8, 4) is 6.07 Å². The van der Waals surface area contributed by atoms with Gasteiger partial charge in [-0.3, -0.25) is 4.79 Å². The number of carbonyl (C=O) groups is 1. The van der Waals surface area contributed by atoms with Crippen molar-refractivity contribution in [3.05, 3.63) is 40.1 Å². The molecule has 17 heavy (non-hydrogen) atoms. The van der Waals surface area contributed by atoms with Crippen molar-refractivity contribution in [2.24, 2.45) is 5.73 Å². The molecule has 0 atom stereocenters. The number of fused-ring (bicyclic) bond motifs is 1. The number of nitrogens with two attached hydrogens (primary N) is 1. The molecule has 0 unspecified atom stereocenters. The van der Waals surface area contributed by atoms with Gasteiger partial charge in [0.15, 0.2) is 0 Å². The Morgan fingerprint density at radius 1 is 1.59 bits per heavy atom. The second kappa shape index (κ2) is 4.70. The van der Waals surface area contributed by atoms with Gasteiger partial charge in [0, 0.05) is 22.0 Å². The summed E-state index contributed by atoms with van der Waals surface area (Å²) in [5.74, 6) is -0.730. The van der Waals surface area contributed by atoms with Crippen molar-refractivity contribution in [2.45, 2.75) is 11.3 Å². The smallest absolute Gasteiger partial charge is 0.261 e. The van der Waals surface area contributed by atoms with E-state index in [4.69, 9.17) is 22.6 Å². The summed E-state index contributed by atoms with van der Waals surface area (Å²) in [4.78, 5) is 12.1. The van der Waals surface area contributed by atoms with E-state index in [1.54, 1.807) is 6.07 Å². The molecule has 0 aliphatic carbocycles. The molecule has 3 N–H and O–H groups in total. The lowest BCUT2D eigenvalue weighted by molar-refractivity contribution is -0.114. The van der Waals surface area contributed by atoms with E-state index in [0.717, 1.165) is 10.5 Å². The molecule has 0 radical (unpaired) electrons. The summed E-state index contributed by atoms with van der Waals surface area (Å²) in [6, 6.07) is 7.36. The van der Waals surface area contributed by atoms with Gasteiger partial charge in [-0.2, -0.15) is 5.26 Å². The van der Waals surface area contributed by atoms with Crippen LogP contribution < -0.4 is 10.5 Å². The van der Waals surface area contributed by atoms with Crippen molar-refractivity contribution in [2.75, 3.05) is 0 Å². The predicted octanol–water partition coefficient (Wildman–Crippen LogP) is 1.76. The first-order valence-electron chi connectivity index (χ1n) is 4.76. The molecule has 0 saturated carbocycles. The van der Waals surface area contributed by atoms with Crippen LogP contribution in [-0.2, 0) is 11.2 Å². The summed E-state index contributed by atoms with van der Waals surface area (Å²) >= 11 is 7.39. The molecule has 6 heteroatoms. The van der Waals surface area contributed by atoms with Gasteiger partial charge < -0.3 is 10.5 Å². The molecule has 86 valence electrons. The van der Waals surface area contributed by atoms with Crippen LogP contribution >= 0.6 is 23.5 Å². The lowest BCUT2D eigenvalue weighted by Gasteiger charge is -2.21. The molecule has 2 rings (SSSR count). The highest BCUT2D eigenvalue weighted by Crippen LogP contribution is 2.34. The molecule has 1 aromatic rings. The van der Waals surface area contributed by atoms with Crippen LogP contribution in [0.2, 0.25) is 5.02 Å². The Kier molecular flexibility index (Phi) is 3.27. The fourth-order valence-corrected chi connectivity index (χ4v) is 2.70. The van der Waals surface area contributed by atoms with Gasteiger partial charge in [-0.1, -0.05) is 17.7 Å². The summed E-state index contributed by atoms with van der Waals surface area (Å²) < 4.78 is 2.95. The molecule has 1 aliphatic rings. The van der Waals surface area contributed by atoms with Crippen LogP contribution in [0.3, 0.4) is 0 Å². The highest BCUT2D eigenvalue weighted by Gasteiger charge is 2.21. The Balaban J connectivity index is 2.46. The number of hydrogen-bond donors (Lipinski definition) is 2. The summed E-state index contributed by atoms with van der Waals surface area (Å²) in [6.07, 6.45) is 0.411. The van der Waals surface area contributed by atoms with Crippen molar-refractivity contribution in [1.82, 2.24) is 4.72 Å². The van der Waals surface area contributed by atoms with E-state index in [-0.39, 0.29) is 5.57 Å². The fraction of sp³-hybridized carbons (Fsp3) is 0.0909. The lowest BCUT2D eigenvalue weighted by Crippen LogP contribution is -2.22. The third-order valence-corrected chi connectivity index (χ3v) is 3.68. The Morgan fingerprint density at radius 2 is 2.35 bits per heavy atom. The largest absolute Gasteiger partial charge is 0.365 e. The van der Waals surface area contributed by atoms with Crippen molar-refractivity contribution in [1.29, 1.82) is 5.26 Å². The molecule has 1 aromatic carbocycles. The predicted molar refractivity (Wildman–Crippen MR) is 66.0 cm³/mol. The van der Waals surface area contributed by atoms with Crippen molar-refractivity contribution >= 4 is 29.5 Å². The van der Waals surface area contributed by atoms with E-state index >= 15 is 0 Å². The Morgan fingerprint density at radius 3 is 3.00 bits per heavy atom. The molecule has 1 heterocycles. The third kappa shape index (κ3) is 2.23. The topological polar surface area (TPSA) is 78.9 Å². The van der Waals surface area contributed by atoms with Gasteiger partial charge in [0.2, 0.25) is 0 Å². The zero-order chi connectivity index (χ0) is 12.4. The average molecular weight is 266 g/mol. The summed E-state index contributed by atoms with van der Waals surface area (Å²) in [5.41, 5.74) is 6.49. The number of halogens is 1. The molecule has 4 nitrogen and oxygen atoms in total. The first-order valence-corrected chi connectivity index (χ1v) is 5.96. The van der Waals surface area contributed by atoms with Crippen LogP contribution in [0.5, 0.6) is 0 Å². The molecule has 0 aromatic heterocycles. The van der Waals surface area contributed by atoms with E-state index < -0.39 is 5.91 Å². The SMILES string of the molecule is N#CC(C(N)=O)=C1Cc2c(Cl)cccc2SN1. The highest BCUT2D eigenvalue weighted by molar-refractivity contribution is 7.97. The first-order chi connectivity index (χ1) is 8.13.